The van der Waals surface area contributed by atoms with Gasteiger partial charge in [0.2, 0.25) is 0 Å². The number of thiophene rings is 1. The van der Waals surface area contributed by atoms with E-state index in [0.29, 0.717) is 18.6 Å². The molecule has 3 N–H and O–H groups in total. The van der Waals surface area contributed by atoms with Crippen molar-refractivity contribution in [3.63, 3.8) is 0 Å². The van der Waals surface area contributed by atoms with E-state index in [1.54, 1.807) is 11.3 Å². The molecule has 0 amide bonds. The first-order valence-electron chi connectivity index (χ1n) is 5.77. The van der Waals surface area contributed by atoms with Crippen LogP contribution in [0, 0.1) is 5.92 Å². The molecule has 1 aliphatic carbocycles. The molecule has 1 fully saturated rings. The van der Waals surface area contributed by atoms with Crippen LogP contribution in [0.4, 0.5) is 0 Å². The summed E-state index contributed by atoms with van der Waals surface area (Å²) in [4.78, 5) is 0. The summed E-state index contributed by atoms with van der Waals surface area (Å²) in [6.45, 7) is 3.03. The van der Waals surface area contributed by atoms with E-state index in [4.69, 9.17) is 5.73 Å². The van der Waals surface area contributed by atoms with Crippen LogP contribution in [-0.4, -0.2) is 12.6 Å². The van der Waals surface area contributed by atoms with Gasteiger partial charge in [0.1, 0.15) is 0 Å². The molecule has 1 heterocycles. The van der Waals surface area contributed by atoms with E-state index in [1.165, 1.54) is 24.8 Å². The Morgan fingerprint density at radius 2 is 2.47 bits per heavy atom. The monoisotopic (exact) mass is 224 g/mol. The van der Waals surface area contributed by atoms with E-state index >= 15 is 0 Å². The minimum Gasteiger partial charge on any atom is -0.329 e. The molecule has 0 bridgehead atoms. The van der Waals surface area contributed by atoms with Crippen LogP contribution >= 0.6 is 11.3 Å². The van der Waals surface area contributed by atoms with Gasteiger partial charge in [-0.2, -0.15) is 11.3 Å². The maximum atomic E-state index is 5.82. The van der Waals surface area contributed by atoms with Crippen molar-refractivity contribution in [2.24, 2.45) is 11.7 Å². The molecule has 0 saturated heterocycles. The summed E-state index contributed by atoms with van der Waals surface area (Å²) in [5.41, 5.74) is 7.17. The molecule has 0 radical (unpaired) electrons. The third-order valence-electron chi connectivity index (χ3n) is 3.31. The van der Waals surface area contributed by atoms with Gasteiger partial charge in [-0.25, -0.2) is 0 Å². The molecular formula is C12H20N2S. The van der Waals surface area contributed by atoms with Crippen LogP contribution in [0.1, 0.15) is 37.8 Å². The van der Waals surface area contributed by atoms with Crippen LogP contribution in [0.2, 0.25) is 0 Å². The van der Waals surface area contributed by atoms with Crippen molar-refractivity contribution in [3.05, 3.63) is 22.4 Å². The lowest BCUT2D eigenvalue weighted by Crippen LogP contribution is -2.35. The molecule has 84 valence electrons. The fourth-order valence-corrected chi connectivity index (χ4v) is 3.13. The molecule has 3 atom stereocenters. The lowest BCUT2D eigenvalue weighted by atomic mass is 10.1. The smallest absolute Gasteiger partial charge is 0.0454 e. The van der Waals surface area contributed by atoms with Crippen molar-refractivity contribution in [3.8, 4) is 0 Å². The predicted molar refractivity (Wildman–Crippen MR) is 66.1 cm³/mol. The first-order chi connectivity index (χ1) is 7.29. The summed E-state index contributed by atoms with van der Waals surface area (Å²) < 4.78 is 0. The van der Waals surface area contributed by atoms with Gasteiger partial charge < -0.3 is 11.1 Å². The van der Waals surface area contributed by atoms with Crippen molar-refractivity contribution in [2.75, 3.05) is 6.54 Å². The van der Waals surface area contributed by atoms with Gasteiger partial charge in [0.15, 0.2) is 0 Å². The van der Waals surface area contributed by atoms with Crippen LogP contribution in [0.25, 0.3) is 0 Å². The van der Waals surface area contributed by atoms with Crippen LogP contribution in [0.3, 0.4) is 0 Å². The molecule has 1 aromatic heterocycles. The highest BCUT2D eigenvalue weighted by atomic mass is 32.1. The van der Waals surface area contributed by atoms with E-state index < -0.39 is 0 Å². The second-order valence-electron chi connectivity index (χ2n) is 4.63. The number of rotatable bonds is 4. The minimum absolute atomic E-state index is 0.353. The molecule has 1 aliphatic rings. The van der Waals surface area contributed by atoms with Gasteiger partial charge in [-0.15, -0.1) is 0 Å². The quantitative estimate of drug-likeness (QED) is 0.825. The zero-order valence-corrected chi connectivity index (χ0v) is 10.1. The highest BCUT2D eigenvalue weighted by molar-refractivity contribution is 7.07. The molecule has 0 aromatic carbocycles. The van der Waals surface area contributed by atoms with Crippen LogP contribution in [0.5, 0.6) is 0 Å². The molecule has 2 rings (SSSR count). The zero-order valence-electron chi connectivity index (χ0n) is 9.28. The van der Waals surface area contributed by atoms with Crippen LogP contribution < -0.4 is 11.1 Å². The third-order valence-corrected chi connectivity index (χ3v) is 4.01. The number of nitrogens with one attached hydrogen (secondary N) is 1. The molecule has 2 nitrogen and oxygen atoms in total. The SMILES string of the molecule is CC1CCC(NC(CN)c2ccsc2)C1. The molecule has 3 unspecified atom stereocenters. The van der Waals surface area contributed by atoms with Crippen molar-refractivity contribution >= 4 is 11.3 Å². The molecule has 3 heteroatoms. The highest BCUT2D eigenvalue weighted by Crippen LogP contribution is 2.27. The largest absolute Gasteiger partial charge is 0.329 e. The van der Waals surface area contributed by atoms with E-state index in [-0.39, 0.29) is 0 Å². The van der Waals surface area contributed by atoms with E-state index in [9.17, 15) is 0 Å². The minimum atomic E-state index is 0.353. The number of nitrogens with two attached hydrogens (primary N) is 1. The van der Waals surface area contributed by atoms with Crippen molar-refractivity contribution in [1.29, 1.82) is 0 Å². The highest BCUT2D eigenvalue weighted by Gasteiger charge is 2.23. The van der Waals surface area contributed by atoms with E-state index in [2.05, 4.69) is 29.1 Å². The Hall–Kier alpha value is -0.380. The van der Waals surface area contributed by atoms with Gasteiger partial charge in [0.25, 0.3) is 0 Å². The Kier molecular flexibility index (Phi) is 3.78. The van der Waals surface area contributed by atoms with Crippen molar-refractivity contribution < 1.29 is 0 Å². The zero-order chi connectivity index (χ0) is 10.7. The fraction of sp³-hybridized carbons (Fsp3) is 0.667. The van der Waals surface area contributed by atoms with Gasteiger partial charge in [-0.1, -0.05) is 6.92 Å². The second-order valence-corrected chi connectivity index (χ2v) is 5.41. The average molecular weight is 224 g/mol. The Morgan fingerprint density at radius 3 is 3.00 bits per heavy atom. The molecular weight excluding hydrogens is 204 g/mol. The summed E-state index contributed by atoms with van der Waals surface area (Å²) in [5.74, 6) is 0.878. The standard InChI is InChI=1S/C12H20N2S/c1-9-2-3-11(6-9)14-12(7-13)10-4-5-15-8-10/h4-5,8-9,11-12,14H,2-3,6-7,13H2,1H3. The first kappa shape index (κ1) is 11.1. The molecule has 0 aliphatic heterocycles. The third kappa shape index (κ3) is 2.80. The molecule has 1 aromatic rings. The van der Waals surface area contributed by atoms with E-state index in [1.807, 2.05) is 0 Å². The predicted octanol–water partition coefficient (Wildman–Crippen LogP) is 2.53. The van der Waals surface area contributed by atoms with Crippen LogP contribution in [0.15, 0.2) is 16.8 Å². The number of hydrogen-bond acceptors (Lipinski definition) is 3. The van der Waals surface area contributed by atoms with Gasteiger partial charge in [-0.3, -0.25) is 0 Å². The Morgan fingerprint density at radius 1 is 1.60 bits per heavy atom. The summed E-state index contributed by atoms with van der Waals surface area (Å²) in [6, 6.07) is 3.20. The Bertz CT molecular complexity index is 284. The van der Waals surface area contributed by atoms with Gasteiger partial charge in [-0.05, 0) is 47.6 Å². The summed E-state index contributed by atoms with van der Waals surface area (Å²) in [7, 11) is 0. The average Bonchev–Trinajstić information content (AvgIpc) is 2.85. The lowest BCUT2D eigenvalue weighted by Gasteiger charge is -2.21. The summed E-state index contributed by atoms with van der Waals surface area (Å²) in [5, 5.41) is 8.00. The van der Waals surface area contributed by atoms with Crippen molar-refractivity contribution in [2.45, 2.75) is 38.3 Å². The number of hydrogen-bond donors (Lipinski definition) is 2. The molecule has 1 saturated carbocycles. The maximum Gasteiger partial charge on any atom is 0.0454 e. The normalized spacial score (nSPS) is 28.1. The Balaban J connectivity index is 1.91. The van der Waals surface area contributed by atoms with Gasteiger partial charge in [0.05, 0.1) is 0 Å². The van der Waals surface area contributed by atoms with E-state index in [0.717, 1.165) is 5.92 Å². The lowest BCUT2D eigenvalue weighted by molar-refractivity contribution is 0.435. The maximum absolute atomic E-state index is 5.82. The summed E-state index contributed by atoms with van der Waals surface area (Å²) in [6.07, 6.45) is 3.97. The molecule has 0 spiro atoms. The molecule has 15 heavy (non-hydrogen) atoms. The van der Waals surface area contributed by atoms with Crippen LogP contribution in [-0.2, 0) is 0 Å². The fourth-order valence-electron chi connectivity index (χ4n) is 2.42. The Labute approximate surface area is 95.9 Å². The second kappa shape index (κ2) is 5.10. The van der Waals surface area contributed by atoms with Gasteiger partial charge in [0, 0.05) is 18.6 Å². The van der Waals surface area contributed by atoms with Gasteiger partial charge >= 0.3 is 0 Å². The van der Waals surface area contributed by atoms with Crippen molar-refractivity contribution in [1.82, 2.24) is 5.32 Å². The topological polar surface area (TPSA) is 38.0 Å². The first-order valence-corrected chi connectivity index (χ1v) is 6.72. The summed E-state index contributed by atoms with van der Waals surface area (Å²) >= 11 is 1.75.